The van der Waals surface area contributed by atoms with Crippen LogP contribution >= 0.6 is 0 Å². The topological polar surface area (TPSA) is 79.9 Å². The number of hydrogen-bond donors (Lipinski definition) is 1. The van der Waals surface area contributed by atoms with Gasteiger partial charge < -0.3 is 20.4 Å². The van der Waals surface area contributed by atoms with E-state index in [9.17, 15) is 0 Å². The van der Waals surface area contributed by atoms with Crippen LogP contribution in [0.3, 0.4) is 0 Å². The number of nitrogens with zero attached hydrogens (tertiary/aromatic N) is 5. The fourth-order valence-electron chi connectivity index (χ4n) is 5.40. The molecule has 1 aliphatic heterocycles. The van der Waals surface area contributed by atoms with Crippen molar-refractivity contribution in [1.29, 1.82) is 0 Å². The van der Waals surface area contributed by atoms with Gasteiger partial charge in [0.15, 0.2) is 0 Å². The highest BCUT2D eigenvalue weighted by Gasteiger charge is 2.30. The van der Waals surface area contributed by atoms with Crippen molar-refractivity contribution < 1.29 is 4.84 Å². The first-order valence-corrected chi connectivity index (χ1v) is 13.0. The Morgan fingerprint density at radius 1 is 0.972 bits per heavy atom. The monoisotopic (exact) mass is 484 g/mol. The number of hydrogen-bond acceptors (Lipinski definition) is 7. The minimum atomic E-state index is 0.232. The Hall–Kier alpha value is -3.29. The molecule has 1 aliphatic carbocycles. The number of oxime groups is 1. The molecule has 1 unspecified atom stereocenters. The molecule has 5 rings (SSSR count). The van der Waals surface area contributed by atoms with Crippen LogP contribution in [-0.2, 0) is 11.3 Å². The van der Waals surface area contributed by atoms with Crippen LogP contribution in [0.4, 0.5) is 5.95 Å². The summed E-state index contributed by atoms with van der Waals surface area (Å²) in [7, 11) is 2.18. The molecule has 0 bridgehead atoms. The number of fused-ring (bicyclic) bond motifs is 1. The highest BCUT2D eigenvalue weighted by atomic mass is 16.6. The Morgan fingerprint density at radius 2 is 1.72 bits per heavy atom. The van der Waals surface area contributed by atoms with E-state index in [1.807, 2.05) is 6.92 Å². The molecule has 1 atom stereocenters. The van der Waals surface area contributed by atoms with Gasteiger partial charge in [-0.3, -0.25) is 0 Å². The number of likely N-dealkylation sites (N-methyl/N-ethyl adjacent to an activating group) is 1. The maximum absolute atomic E-state index is 6.05. The van der Waals surface area contributed by atoms with E-state index < -0.39 is 0 Å². The first-order valence-electron chi connectivity index (χ1n) is 13.0. The van der Waals surface area contributed by atoms with Crippen LogP contribution in [-0.4, -0.2) is 71.9 Å². The van der Waals surface area contributed by atoms with Gasteiger partial charge in [0, 0.05) is 44.7 Å². The Morgan fingerprint density at radius 3 is 2.53 bits per heavy atom. The molecule has 0 spiro atoms. The molecule has 0 radical (unpaired) electrons. The predicted molar refractivity (Wildman–Crippen MR) is 145 cm³/mol. The zero-order valence-electron chi connectivity index (χ0n) is 21.4. The van der Waals surface area contributed by atoms with Gasteiger partial charge in [0.1, 0.15) is 6.61 Å². The van der Waals surface area contributed by atoms with Crippen molar-refractivity contribution in [2.45, 2.75) is 32.1 Å². The average Bonchev–Trinajstić information content (AvgIpc) is 2.89. The maximum atomic E-state index is 6.05. The van der Waals surface area contributed by atoms with Crippen molar-refractivity contribution in [2.75, 3.05) is 52.1 Å². The van der Waals surface area contributed by atoms with Gasteiger partial charge in [-0.25, -0.2) is 9.97 Å². The standard InChI is InChI=1S/C29H36N6O/c1-21-28-26(32-29(30)31-21)19-23(25-12-7-6-11-24(25)22-9-4-3-5-10-22)20-27(28)33-36-18-8-13-35-16-14-34(2)15-17-35/h3-7,9-12,23H,8,13-20H2,1-2H3,(H2,30,31,32)/b33-27+. The zero-order valence-corrected chi connectivity index (χ0v) is 21.4. The molecule has 36 heavy (non-hydrogen) atoms. The van der Waals surface area contributed by atoms with E-state index in [4.69, 9.17) is 10.6 Å². The zero-order chi connectivity index (χ0) is 24.9. The summed E-state index contributed by atoms with van der Waals surface area (Å²) >= 11 is 0. The van der Waals surface area contributed by atoms with Crippen molar-refractivity contribution in [3.8, 4) is 11.1 Å². The van der Waals surface area contributed by atoms with E-state index in [1.54, 1.807) is 0 Å². The van der Waals surface area contributed by atoms with Gasteiger partial charge in [0.05, 0.1) is 17.1 Å². The number of aryl methyl sites for hydroxylation is 1. The van der Waals surface area contributed by atoms with E-state index in [0.717, 1.165) is 74.6 Å². The predicted octanol–water partition coefficient (Wildman–Crippen LogP) is 4.12. The molecule has 0 amide bonds. The summed E-state index contributed by atoms with van der Waals surface area (Å²) < 4.78 is 0. The van der Waals surface area contributed by atoms with Gasteiger partial charge in [-0.1, -0.05) is 59.8 Å². The lowest BCUT2D eigenvalue weighted by molar-refractivity contribution is 0.110. The summed E-state index contributed by atoms with van der Waals surface area (Å²) in [4.78, 5) is 19.8. The first-order chi connectivity index (χ1) is 17.6. The molecular weight excluding hydrogens is 448 g/mol. The minimum Gasteiger partial charge on any atom is -0.396 e. The fraction of sp³-hybridized carbons (Fsp3) is 0.414. The Kier molecular flexibility index (Phi) is 7.58. The highest BCUT2D eigenvalue weighted by molar-refractivity contribution is 6.03. The summed E-state index contributed by atoms with van der Waals surface area (Å²) in [5.41, 5.74) is 13.6. The second kappa shape index (κ2) is 11.2. The number of nitrogens with two attached hydrogens (primary N) is 1. The van der Waals surface area contributed by atoms with Gasteiger partial charge >= 0.3 is 0 Å². The van der Waals surface area contributed by atoms with Crippen LogP contribution < -0.4 is 5.73 Å². The molecule has 1 aromatic heterocycles. The van der Waals surface area contributed by atoms with Crippen molar-refractivity contribution in [3.05, 3.63) is 77.1 Å². The molecule has 188 valence electrons. The Balaban J connectivity index is 1.35. The quantitative estimate of drug-likeness (QED) is 0.401. The number of piperazine rings is 1. The minimum absolute atomic E-state index is 0.232. The highest BCUT2D eigenvalue weighted by Crippen LogP contribution is 2.38. The molecule has 2 N–H and O–H groups in total. The molecule has 1 fully saturated rings. The normalized spacial score (nSPS) is 19.8. The number of rotatable bonds is 7. The maximum Gasteiger partial charge on any atom is 0.220 e. The Labute approximate surface area is 214 Å². The van der Waals surface area contributed by atoms with Crippen LogP contribution in [0.15, 0.2) is 59.8 Å². The smallest absolute Gasteiger partial charge is 0.220 e. The summed E-state index contributed by atoms with van der Waals surface area (Å²) in [6, 6.07) is 19.2. The van der Waals surface area contributed by atoms with Gasteiger partial charge in [-0.2, -0.15) is 0 Å². The molecule has 2 aromatic carbocycles. The van der Waals surface area contributed by atoms with E-state index in [2.05, 4.69) is 86.6 Å². The van der Waals surface area contributed by atoms with E-state index in [0.29, 0.717) is 12.6 Å². The molecule has 2 aliphatic rings. The first kappa shape index (κ1) is 24.4. The van der Waals surface area contributed by atoms with Crippen molar-refractivity contribution >= 4 is 11.7 Å². The molecule has 7 nitrogen and oxygen atoms in total. The van der Waals surface area contributed by atoms with E-state index in [-0.39, 0.29) is 5.92 Å². The molecule has 2 heterocycles. The summed E-state index contributed by atoms with van der Waals surface area (Å²) in [5, 5.41) is 4.66. The van der Waals surface area contributed by atoms with Crippen molar-refractivity contribution in [3.63, 3.8) is 0 Å². The number of nitrogen functional groups attached to an aromatic ring is 1. The molecule has 7 heteroatoms. The lowest BCUT2D eigenvalue weighted by atomic mass is 9.78. The van der Waals surface area contributed by atoms with E-state index >= 15 is 0 Å². The molecule has 0 saturated carbocycles. The number of anilines is 1. The molecular formula is C29H36N6O. The molecule has 3 aromatic rings. The number of benzene rings is 2. The second-order valence-corrected chi connectivity index (χ2v) is 9.92. The molecule has 1 saturated heterocycles. The van der Waals surface area contributed by atoms with Crippen LogP contribution in [0.25, 0.3) is 11.1 Å². The van der Waals surface area contributed by atoms with Gasteiger partial charge in [0.2, 0.25) is 5.95 Å². The van der Waals surface area contributed by atoms with Crippen LogP contribution in [0.1, 0.15) is 41.3 Å². The van der Waals surface area contributed by atoms with E-state index in [1.165, 1.54) is 16.7 Å². The summed E-state index contributed by atoms with van der Waals surface area (Å²) in [6.07, 6.45) is 2.55. The number of aromatic nitrogens is 2. The van der Waals surface area contributed by atoms with Crippen LogP contribution in [0.2, 0.25) is 0 Å². The third kappa shape index (κ3) is 5.58. The largest absolute Gasteiger partial charge is 0.396 e. The van der Waals surface area contributed by atoms with Gasteiger partial charge in [-0.05, 0) is 49.4 Å². The SMILES string of the molecule is Cc1nc(N)nc2c1/C(=N/OCCCN1CCN(C)CC1)CC(c1ccccc1-c1ccccc1)C2. The third-order valence-corrected chi connectivity index (χ3v) is 7.32. The average molecular weight is 485 g/mol. The van der Waals surface area contributed by atoms with Crippen LogP contribution in [0, 0.1) is 6.92 Å². The summed E-state index contributed by atoms with van der Waals surface area (Å²) in [6.45, 7) is 8.14. The van der Waals surface area contributed by atoms with Crippen molar-refractivity contribution in [1.82, 2.24) is 19.8 Å². The Bertz CT molecular complexity index is 1200. The fourth-order valence-corrected chi connectivity index (χ4v) is 5.40. The third-order valence-electron chi connectivity index (χ3n) is 7.32. The van der Waals surface area contributed by atoms with Gasteiger partial charge in [-0.15, -0.1) is 0 Å². The second-order valence-electron chi connectivity index (χ2n) is 9.92. The van der Waals surface area contributed by atoms with Crippen LogP contribution in [0.5, 0.6) is 0 Å². The lowest BCUT2D eigenvalue weighted by Crippen LogP contribution is -2.44. The van der Waals surface area contributed by atoms with Crippen molar-refractivity contribution in [2.24, 2.45) is 5.16 Å². The summed E-state index contributed by atoms with van der Waals surface area (Å²) in [5.74, 6) is 0.547. The van der Waals surface area contributed by atoms with Gasteiger partial charge in [0.25, 0.3) is 0 Å². The lowest BCUT2D eigenvalue weighted by Gasteiger charge is -2.32.